The molecular weight excluding hydrogens is 432 g/mol. The van der Waals surface area contributed by atoms with Gasteiger partial charge in [0.1, 0.15) is 5.56 Å². The van der Waals surface area contributed by atoms with Crippen LogP contribution in [0.5, 0.6) is 0 Å². The molecule has 4 rings (SSSR count). The molecular formula is C25H24N6O3. The van der Waals surface area contributed by atoms with Gasteiger partial charge < -0.3 is 15.4 Å². The Bertz CT molecular complexity index is 1330. The lowest BCUT2D eigenvalue weighted by Gasteiger charge is -2.15. The number of nitrogens with zero attached hydrogens (tertiary/aromatic N) is 4. The molecule has 0 aliphatic heterocycles. The zero-order chi connectivity index (χ0) is 24.1. The Kier molecular flexibility index (Phi) is 6.63. The van der Waals surface area contributed by atoms with Crippen molar-refractivity contribution in [2.24, 2.45) is 0 Å². The first kappa shape index (κ1) is 22.7. The van der Waals surface area contributed by atoms with E-state index in [0.717, 1.165) is 11.4 Å². The number of aryl methyl sites for hydroxylation is 2. The lowest BCUT2D eigenvalue weighted by molar-refractivity contribution is 0.0526. The highest BCUT2D eigenvalue weighted by Gasteiger charge is 2.20. The number of benzene rings is 2. The van der Waals surface area contributed by atoms with E-state index in [1.807, 2.05) is 38.1 Å². The number of rotatable bonds is 7. The summed E-state index contributed by atoms with van der Waals surface area (Å²) in [5.41, 5.74) is 3.32. The zero-order valence-corrected chi connectivity index (χ0v) is 19.1. The van der Waals surface area contributed by atoms with E-state index >= 15 is 0 Å². The number of esters is 1. The van der Waals surface area contributed by atoms with Gasteiger partial charge in [0.2, 0.25) is 0 Å². The van der Waals surface area contributed by atoms with Crippen molar-refractivity contribution in [2.45, 2.75) is 20.8 Å². The number of hydrogen-bond acceptors (Lipinski definition) is 7. The summed E-state index contributed by atoms with van der Waals surface area (Å²) in [7, 11) is 0. The zero-order valence-electron chi connectivity index (χ0n) is 19.1. The molecule has 0 saturated heterocycles. The molecule has 9 nitrogen and oxygen atoms in total. The average molecular weight is 457 g/mol. The van der Waals surface area contributed by atoms with Crippen LogP contribution in [0.4, 0.5) is 17.2 Å². The highest BCUT2D eigenvalue weighted by Crippen LogP contribution is 2.25. The van der Waals surface area contributed by atoms with Crippen LogP contribution in [0, 0.1) is 13.8 Å². The number of amides is 1. The Hall–Kier alpha value is -4.53. The Morgan fingerprint density at radius 3 is 2.44 bits per heavy atom. The second-order valence-electron chi connectivity index (χ2n) is 7.48. The van der Waals surface area contributed by atoms with Crippen LogP contribution in [-0.4, -0.2) is 38.2 Å². The molecule has 2 N–H and O–H groups in total. The first-order valence-corrected chi connectivity index (χ1v) is 10.8. The fourth-order valence-electron chi connectivity index (χ4n) is 3.40. The first-order valence-electron chi connectivity index (χ1n) is 10.8. The van der Waals surface area contributed by atoms with Gasteiger partial charge in [0.15, 0.2) is 5.82 Å². The van der Waals surface area contributed by atoms with E-state index in [4.69, 9.17) is 4.74 Å². The summed E-state index contributed by atoms with van der Waals surface area (Å²) in [4.78, 5) is 34.4. The molecule has 0 aliphatic rings. The Morgan fingerprint density at radius 1 is 1.00 bits per heavy atom. The largest absolute Gasteiger partial charge is 0.462 e. The van der Waals surface area contributed by atoms with Crippen LogP contribution in [0.15, 0.2) is 66.9 Å². The van der Waals surface area contributed by atoms with Crippen molar-refractivity contribution >= 4 is 29.1 Å². The SMILES string of the molecule is CCOC(=O)c1cnc(-n2nc(C)cc2C)nc1Nc1ccccc1C(=O)Nc1ccccc1. The molecule has 0 fully saturated rings. The summed E-state index contributed by atoms with van der Waals surface area (Å²) in [6.07, 6.45) is 1.39. The number of nitrogens with one attached hydrogen (secondary N) is 2. The standard InChI is InChI=1S/C25H24N6O3/c1-4-34-24(33)20-15-26-25(31-17(3)14-16(2)30-31)29-22(20)28-21-13-9-8-12-19(21)23(32)27-18-10-6-5-7-11-18/h5-15H,4H2,1-3H3,(H,27,32)(H,26,28,29). The summed E-state index contributed by atoms with van der Waals surface area (Å²) in [6.45, 7) is 5.68. The molecule has 0 atom stereocenters. The van der Waals surface area contributed by atoms with Crippen molar-refractivity contribution in [3.63, 3.8) is 0 Å². The normalized spacial score (nSPS) is 10.6. The maximum atomic E-state index is 13.0. The van der Waals surface area contributed by atoms with E-state index in [1.165, 1.54) is 6.20 Å². The highest BCUT2D eigenvalue weighted by molar-refractivity contribution is 6.08. The molecule has 9 heteroatoms. The van der Waals surface area contributed by atoms with Gasteiger partial charge in [0.25, 0.3) is 11.9 Å². The van der Waals surface area contributed by atoms with Crippen molar-refractivity contribution in [2.75, 3.05) is 17.2 Å². The Morgan fingerprint density at radius 2 is 1.74 bits per heavy atom. The van der Waals surface area contributed by atoms with Crippen LogP contribution in [0.3, 0.4) is 0 Å². The molecule has 0 unspecified atom stereocenters. The van der Waals surface area contributed by atoms with E-state index < -0.39 is 5.97 Å². The van der Waals surface area contributed by atoms with Crippen molar-refractivity contribution in [3.8, 4) is 5.95 Å². The number of carbonyl (C=O) groups is 2. The molecule has 2 aromatic heterocycles. The van der Waals surface area contributed by atoms with Gasteiger partial charge in [-0.05, 0) is 51.1 Å². The van der Waals surface area contributed by atoms with E-state index in [1.54, 1.807) is 48.0 Å². The predicted molar refractivity (Wildman–Crippen MR) is 129 cm³/mol. The maximum absolute atomic E-state index is 13.0. The third-order valence-corrected chi connectivity index (χ3v) is 4.93. The quantitative estimate of drug-likeness (QED) is 0.395. The number of ether oxygens (including phenoxy) is 1. The number of para-hydroxylation sites is 2. The van der Waals surface area contributed by atoms with E-state index in [-0.39, 0.29) is 29.8 Å². The monoisotopic (exact) mass is 456 g/mol. The van der Waals surface area contributed by atoms with Crippen LogP contribution < -0.4 is 10.6 Å². The van der Waals surface area contributed by atoms with E-state index in [2.05, 4.69) is 25.7 Å². The molecule has 172 valence electrons. The molecule has 2 aromatic carbocycles. The molecule has 0 spiro atoms. The second-order valence-corrected chi connectivity index (χ2v) is 7.48. The molecule has 2 heterocycles. The maximum Gasteiger partial charge on any atom is 0.343 e. The second kappa shape index (κ2) is 9.95. The summed E-state index contributed by atoms with van der Waals surface area (Å²) in [5, 5.41) is 10.4. The molecule has 34 heavy (non-hydrogen) atoms. The van der Waals surface area contributed by atoms with Crippen molar-refractivity contribution in [1.29, 1.82) is 0 Å². The van der Waals surface area contributed by atoms with Gasteiger partial charge in [-0.2, -0.15) is 10.1 Å². The summed E-state index contributed by atoms with van der Waals surface area (Å²) in [6, 6.07) is 18.0. The number of hydrogen-bond donors (Lipinski definition) is 2. The summed E-state index contributed by atoms with van der Waals surface area (Å²) >= 11 is 0. The molecule has 0 radical (unpaired) electrons. The van der Waals surface area contributed by atoms with Crippen LogP contribution in [-0.2, 0) is 4.74 Å². The van der Waals surface area contributed by atoms with Gasteiger partial charge >= 0.3 is 5.97 Å². The average Bonchev–Trinajstić information content (AvgIpc) is 3.18. The number of carbonyl (C=O) groups excluding carboxylic acids is 2. The van der Waals surface area contributed by atoms with Crippen LogP contribution in [0.2, 0.25) is 0 Å². The van der Waals surface area contributed by atoms with Crippen molar-refractivity contribution < 1.29 is 14.3 Å². The number of anilines is 3. The smallest absolute Gasteiger partial charge is 0.343 e. The fraction of sp³-hybridized carbons (Fsp3) is 0.160. The Labute approximate surface area is 196 Å². The molecule has 4 aromatic rings. The minimum Gasteiger partial charge on any atom is -0.462 e. The number of aromatic nitrogens is 4. The Balaban J connectivity index is 1.72. The molecule has 1 amide bonds. The van der Waals surface area contributed by atoms with Gasteiger partial charge in [-0.25, -0.2) is 14.5 Å². The third kappa shape index (κ3) is 4.93. The minimum absolute atomic E-state index is 0.144. The lowest BCUT2D eigenvalue weighted by Crippen LogP contribution is -2.16. The van der Waals surface area contributed by atoms with Gasteiger partial charge in [0.05, 0.1) is 23.6 Å². The summed E-state index contributed by atoms with van der Waals surface area (Å²) in [5.74, 6) is -0.390. The van der Waals surface area contributed by atoms with Gasteiger partial charge in [-0.1, -0.05) is 30.3 Å². The topological polar surface area (TPSA) is 111 Å². The minimum atomic E-state index is -0.573. The highest BCUT2D eigenvalue weighted by atomic mass is 16.5. The van der Waals surface area contributed by atoms with E-state index in [0.29, 0.717) is 16.9 Å². The van der Waals surface area contributed by atoms with Gasteiger partial charge in [0, 0.05) is 17.6 Å². The van der Waals surface area contributed by atoms with Crippen molar-refractivity contribution in [3.05, 3.63) is 89.4 Å². The molecule has 0 saturated carbocycles. The molecule has 0 aliphatic carbocycles. The van der Waals surface area contributed by atoms with Crippen molar-refractivity contribution in [1.82, 2.24) is 19.7 Å². The molecule has 0 bridgehead atoms. The predicted octanol–water partition coefficient (Wildman–Crippen LogP) is 4.45. The lowest BCUT2D eigenvalue weighted by atomic mass is 10.1. The third-order valence-electron chi connectivity index (χ3n) is 4.93. The first-order chi connectivity index (χ1) is 16.5. The fourth-order valence-corrected chi connectivity index (χ4v) is 3.40. The van der Waals surface area contributed by atoms with Gasteiger partial charge in [-0.3, -0.25) is 4.79 Å². The summed E-state index contributed by atoms with van der Waals surface area (Å²) < 4.78 is 6.76. The van der Waals surface area contributed by atoms with Crippen LogP contribution >= 0.6 is 0 Å². The van der Waals surface area contributed by atoms with E-state index in [9.17, 15) is 9.59 Å². The van der Waals surface area contributed by atoms with Crippen LogP contribution in [0.1, 0.15) is 39.0 Å². The van der Waals surface area contributed by atoms with Gasteiger partial charge in [-0.15, -0.1) is 0 Å². The van der Waals surface area contributed by atoms with Crippen LogP contribution in [0.25, 0.3) is 5.95 Å².